The molecule has 1 aromatic carbocycles. The van der Waals surface area contributed by atoms with E-state index >= 15 is 0 Å². The van der Waals surface area contributed by atoms with Crippen molar-refractivity contribution in [3.05, 3.63) is 57.0 Å². The zero-order valence-corrected chi connectivity index (χ0v) is 16.2. The van der Waals surface area contributed by atoms with Crippen molar-refractivity contribution in [1.82, 2.24) is 9.88 Å². The van der Waals surface area contributed by atoms with Crippen LogP contribution in [0.3, 0.4) is 0 Å². The number of nitrogens with zero attached hydrogens (tertiary/aromatic N) is 1. The molecule has 0 saturated heterocycles. The topological polar surface area (TPSA) is 69.6 Å². The van der Waals surface area contributed by atoms with Crippen molar-refractivity contribution in [2.24, 2.45) is 7.05 Å². The summed E-state index contributed by atoms with van der Waals surface area (Å²) in [6.45, 7) is 5.72. The van der Waals surface area contributed by atoms with Gasteiger partial charge in [0.2, 0.25) is 0 Å². The predicted octanol–water partition coefficient (Wildman–Crippen LogP) is 2.90. The molecule has 1 atom stereocenters. The molecule has 26 heavy (non-hydrogen) atoms. The number of aromatic nitrogens is 1. The third-order valence-corrected chi connectivity index (χ3v) is 4.74. The van der Waals surface area contributed by atoms with Crippen LogP contribution in [0.1, 0.15) is 46.6 Å². The molecular formula is C20H26N2O4. The second kappa shape index (κ2) is 8.08. The predicted molar refractivity (Wildman–Crippen MR) is 101 cm³/mol. The molecule has 1 N–H and O–H groups in total. The molecule has 2 rings (SSSR count). The van der Waals surface area contributed by atoms with Crippen LogP contribution in [0.25, 0.3) is 0 Å². The van der Waals surface area contributed by atoms with Gasteiger partial charge in [-0.15, -0.1) is 0 Å². The van der Waals surface area contributed by atoms with Crippen LogP contribution in [0.15, 0.2) is 29.1 Å². The highest BCUT2D eigenvalue weighted by molar-refractivity contribution is 5.94. The van der Waals surface area contributed by atoms with Gasteiger partial charge in [0.15, 0.2) is 11.5 Å². The number of pyridine rings is 1. The largest absolute Gasteiger partial charge is 0.493 e. The van der Waals surface area contributed by atoms with E-state index in [0.29, 0.717) is 17.9 Å². The minimum Gasteiger partial charge on any atom is -0.493 e. The van der Waals surface area contributed by atoms with Crippen LogP contribution in [0, 0.1) is 13.8 Å². The van der Waals surface area contributed by atoms with Crippen molar-refractivity contribution in [2.45, 2.75) is 33.2 Å². The van der Waals surface area contributed by atoms with E-state index in [0.717, 1.165) is 16.8 Å². The minimum absolute atomic E-state index is 0.148. The highest BCUT2D eigenvalue weighted by Crippen LogP contribution is 2.30. The van der Waals surface area contributed by atoms with Crippen molar-refractivity contribution >= 4 is 5.91 Å². The first-order chi connectivity index (χ1) is 12.3. The van der Waals surface area contributed by atoms with Crippen molar-refractivity contribution in [3.63, 3.8) is 0 Å². The second-order valence-corrected chi connectivity index (χ2v) is 6.24. The van der Waals surface area contributed by atoms with Gasteiger partial charge in [0, 0.05) is 12.7 Å². The smallest absolute Gasteiger partial charge is 0.263 e. The average Bonchev–Trinajstić information content (AvgIpc) is 2.66. The number of hydrogen-bond donors (Lipinski definition) is 1. The number of benzene rings is 1. The molecule has 2 aromatic rings. The van der Waals surface area contributed by atoms with Gasteiger partial charge in [0.1, 0.15) is 5.56 Å². The summed E-state index contributed by atoms with van der Waals surface area (Å²) < 4.78 is 12.1. The summed E-state index contributed by atoms with van der Waals surface area (Å²) in [6, 6.07) is 6.93. The fourth-order valence-corrected chi connectivity index (χ4v) is 2.87. The lowest BCUT2D eigenvalue weighted by Gasteiger charge is -2.19. The van der Waals surface area contributed by atoms with Crippen LogP contribution in [-0.4, -0.2) is 24.7 Å². The molecule has 0 saturated carbocycles. The van der Waals surface area contributed by atoms with Gasteiger partial charge in [0.25, 0.3) is 11.5 Å². The summed E-state index contributed by atoms with van der Waals surface area (Å²) >= 11 is 0. The molecule has 0 fully saturated rings. The number of ether oxygens (including phenoxy) is 2. The maximum atomic E-state index is 12.7. The molecule has 0 aliphatic rings. The molecule has 0 radical (unpaired) electrons. The number of nitrogens with one attached hydrogen (secondary N) is 1. The fraction of sp³-hybridized carbons (Fsp3) is 0.400. The van der Waals surface area contributed by atoms with E-state index in [-0.39, 0.29) is 23.1 Å². The number of aryl methyl sites for hydroxylation is 1. The third kappa shape index (κ3) is 3.74. The maximum absolute atomic E-state index is 12.7. The third-order valence-electron chi connectivity index (χ3n) is 4.74. The molecular weight excluding hydrogens is 332 g/mol. The van der Waals surface area contributed by atoms with Crippen LogP contribution < -0.4 is 20.3 Å². The van der Waals surface area contributed by atoms with Crippen LogP contribution in [-0.2, 0) is 7.05 Å². The Morgan fingerprint density at radius 2 is 1.81 bits per heavy atom. The van der Waals surface area contributed by atoms with Crippen molar-refractivity contribution < 1.29 is 14.3 Å². The molecule has 0 aliphatic heterocycles. The molecule has 6 heteroatoms. The Labute approximate surface area is 153 Å². The normalized spacial score (nSPS) is 11.8. The molecule has 0 spiro atoms. The standard InChI is InChI=1S/C20H26N2O4/c1-7-16(14-8-9-17(25-5)18(11-14)26-6)21-19(23)15-10-12(2)13(3)22(4)20(15)24/h8-11,16H,7H2,1-6H3,(H,21,23)/t16-/m0/s1. The van der Waals surface area contributed by atoms with Gasteiger partial charge in [-0.2, -0.15) is 0 Å². The molecule has 1 heterocycles. The molecule has 0 aliphatic carbocycles. The Bertz CT molecular complexity index is 871. The van der Waals surface area contributed by atoms with Crippen LogP contribution in [0.4, 0.5) is 0 Å². The van der Waals surface area contributed by atoms with E-state index in [1.54, 1.807) is 33.4 Å². The SMILES string of the molecule is CC[C@H](NC(=O)c1cc(C)c(C)n(C)c1=O)c1ccc(OC)c(OC)c1. The van der Waals surface area contributed by atoms with Gasteiger partial charge in [-0.25, -0.2) is 0 Å². The van der Waals surface area contributed by atoms with Gasteiger partial charge in [0.05, 0.1) is 20.3 Å². The van der Waals surface area contributed by atoms with E-state index in [2.05, 4.69) is 5.32 Å². The van der Waals surface area contributed by atoms with E-state index in [4.69, 9.17) is 9.47 Å². The van der Waals surface area contributed by atoms with Crippen molar-refractivity contribution in [1.29, 1.82) is 0 Å². The summed E-state index contributed by atoms with van der Waals surface area (Å²) in [6.07, 6.45) is 0.673. The van der Waals surface area contributed by atoms with Gasteiger partial charge in [-0.3, -0.25) is 9.59 Å². The molecule has 0 bridgehead atoms. The molecule has 1 amide bonds. The number of hydrogen-bond acceptors (Lipinski definition) is 4. The number of amides is 1. The summed E-state index contributed by atoms with van der Waals surface area (Å²) in [5.41, 5.74) is 2.48. The fourth-order valence-electron chi connectivity index (χ4n) is 2.87. The molecule has 140 valence electrons. The Kier molecular flexibility index (Phi) is 6.08. The van der Waals surface area contributed by atoms with E-state index in [1.807, 2.05) is 32.9 Å². The van der Waals surface area contributed by atoms with Crippen molar-refractivity contribution in [2.75, 3.05) is 14.2 Å². The zero-order chi connectivity index (χ0) is 19.4. The van der Waals surface area contributed by atoms with E-state index < -0.39 is 0 Å². The monoisotopic (exact) mass is 358 g/mol. The van der Waals surface area contributed by atoms with Gasteiger partial charge in [-0.05, 0) is 49.6 Å². The minimum atomic E-state index is -0.379. The number of rotatable bonds is 6. The highest BCUT2D eigenvalue weighted by atomic mass is 16.5. The second-order valence-electron chi connectivity index (χ2n) is 6.24. The Hall–Kier alpha value is -2.76. The number of carbonyl (C=O) groups is 1. The summed E-state index contributed by atoms with van der Waals surface area (Å²) in [5, 5.41) is 2.95. The first-order valence-electron chi connectivity index (χ1n) is 8.54. The van der Waals surface area contributed by atoms with Gasteiger partial charge < -0.3 is 19.4 Å². The van der Waals surface area contributed by atoms with Crippen molar-refractivity contribution in [3.8, 4) is 11.5 Å². The lowest BCUT2D eigenvalue weighted by Crippen LogP contribution is -2.35. The molecule has 6 nitrogen and oxygen atoms in total. The summed E-state index contributed by atoms with van der Waals surface area (Å²) in [4.78, 5) is 25.2. The molecule has 1 aromatic heterocycles. The summed E-state index contributed by atoms with van der Waals surface area (Å²) in [5.74, 6) is 0.843. The number of carbonyl (C=O) groups excluding carboxylic acids is 1. The van der Waals surface area contributed by atoms with Crippen LogP contribution in [0.2, 0.25) is 0 Å². The van der Waals surface area contributed by atoms with E-state index in [1.165, 1.54) is 4.57 Å². The number of methoxy groups -OCH3 is 2. The Balaban J connectivity index is 2.34. The lowest BCUT2D eigenvalue weighted by atomic mass is 10.0. The Morgan fingerprint density at radius 1 is 1.15 bits per heavy atom. The van der Waals surface area contributed by atoms with Crippen LogP contribution >= 0.6 is 0 Å². The molecule has 0 unspecified atom stereocenters. The maximum Gasteiger partial charge on any atom is 0.263 e. The van der Waals surface area contributed by atoms with Gasteiger partial charge >= 0.3 is 0 Å². The first-order valence-corrected chi connectivity index (χ1v) is 8.54. The first kappa shape index (κ1) is 19.6. The quantitative estimate of drug-likeness (QED) is 0.862. The zero-order valence-electron chi connectivity index (χ0n) is 16.2. The average molecular weight is 358 g/mol. The van der Waals surface area contributed by atoms with E-state index in [9.17, 15) is 9.59 Å². The lowest BCUT2D eigenvalue weighted by molar-refractivity contribution is 0.0933. The Morgan fingerprint density at radius 3 is 2.38 bits per heavy atom. The van der Waals surface area contributed by atoms with Crippen LogP contribution in [0.5, 0.6) is 11.5 Å². The van der Waals surface area contributed by atoms with Gasteiger partial charge in [-0.1, -0.05) is 13.0 Å². The highest BCUT2D eigenvalue weighted by Gasteiger charge is 2.19. The summed E-state index contributed by atoms with van der Waals surface area (Å²) in [7, 11) is 4.82.